The number of nitrogens with zero attached hydrogens (tertiary/aromatic N) is 1. The molecule has 1 saturated heterocycles. The minimum atomic E-state index is -0.523. The molecule has 0 aliphatic carbocycles. The fraction of sp³-hybridized carbons (Fsp3) is 0.333. The van der Waals surface area contributed by atoms with Gasteiger partial charge in [-0.3, -0.25) is 9.59 Å². The molecule has 2 heterocycles. The lowest BCUT2D eigenvalue weighted by Gasteiger charge is -2.44. The van der Waals surface area contributed by atoms with E-state index < -0.39 is 5.60 Å². The van der Waals surface area contributed by atoms with E-state index in [9.17, 15) is 9.59 Å². The van der Waals surface area contributed by atoms with Gasteiger partial charge < -0.3 is 9.64 Å². The van der Waals surface area contributed by atoms with Crippen molar-refractivity contribution in [2.45, 2.75) is 31.8 Å². The maximum Gasteiger partial charge on any atom is 0.254 e. The van der Waals surface area contributed by atoms with E-state index in [0.717, 1.165) is 14.7 Å². The predicted molar refractivity (Wildman–Crippen MR) is 113 cm³/mol. The second-order valence-corrected chi connectivity index (χ2v) is 8.82. The van der Waals surface area contributed by atoms with Crippen LogP contribution in [-0.4, -0.2) is 35.3 Å². The average Bonchev–Trinajstić information content (AvgIpc) is 2.64. The molecule has 0 radical (unpaired) electrons. The van der Waals surface area contributed by atoms with Gasteiger partial charge in [-0.15, -0.1) is 0 Å². The highest BCUT2D eigenvalue weighted by atomic mass is 127. The Labute approximate surface area is 177 Å². The van der Waals surface area contributed by atoms with Crippen LogP contribution < -0.4 is 4.74 Å². The molecule has 1 amide bonds. The maximum absolute atomic E-state index is 12.8. The lowest BCUT2D eigenvalue weighted by atomic mass is 9.82. The number of fused-ring (bicyclic) bond motifs is 1. The van der Waals surface area contributed by atoms with Gasteiger partial charge in [0.1, 0.15) is 11.4 Å². The van der Waals surface area contributed by atoms with Gasteiger partial charge in [0, 0.05) is 34.5 Å². The predicted octanol–water partition coefficient (Wildman–Crippen LogP) is 4.89. The number of carbonyl (C=O) groups is 2. The van der Waals surface area contributed by atoms with Gasteiger partial charge in [-0.05, 0) is 59.3 Å². The number of aryl methyl sites for hydroxylation is 1. The molecule has 2 aromatic carbocycles. The Bertz CT molecular complexity index is 935. The van der Waals surface area contributed by atoms with Crippen molar-refractivity contribution < 1.29 is 14.3 Å². The summed E-state index contributed by atoms with van der Waals surface area (Å²) >= 11 is 8.35. The van der Waals surface area contributed by atoms with Crippen LogP contribution in [0, 0.1) is 10.5 Å². The van der Waals surface area contributed by atoms with E-state index in [4.69, 9.17) is 16.3 Å². The molecular weight excluding hydrogens is 477 g/mol. The van der Waals surface area contributed by atoms with Crippen molar-refractivity contribution in [1.82, 2.24) is 4.90 Å². The van der Waals surface area contributed by atoms with Gasteiger partial charge in [0.15, 0.2) is 5.78 Å². The van der Waals surface area contributed by atoms with Gasteiger partial charge in [-0.2, -0.15) is 0 Å². The van der Waals surface area contributed by atoms with Crippen LogP contribution in [-0.2, 0) is 0 Å². The molecule has 0 bridgehead atoms. The first-order valence-corrected chi connectivity index (χ1v) is 10.4. The molecule has 0 N–H and O–H groups in total. The normalized spacial score (nSPS) is 18.2. The number of benzene rings is 2. The first kappa shape index (κ1) is 18.7. The van der Waals surface area contributed by atoms with E-state index in [1.165, 1.54) is 0 Å². The molecule has 2 aliphatic rings. The quantitative estimate of drug-likeness (QED) is 0.529. The molecule has 27 heavy (non-hydrogen) atoms. The number of hydrogen-bond acceptors (Lipinski definition) is 3. The Hall–Kier alpha value is -1.60. The first-order valence-electron chi connectivity index (χ1n) is 8.95. The summed E-state index contributed by atoms with van der Waals surface area (Å²) in [4.78, 5) is 27.4. The summed E-state index contributed by atoms with van der Waals surface area (Å²) in [5.41, 5.74) is 1.66. The second-order valence-electron chi connectivity index (χ2n) is 7.25. The molecule has 0 unspecified atom stereocenters. The number of ketones is 1. The molecule has 0 atom stereocenters. The second kappa shape index (κ2) is 7.09. The van der Waals surface area contributed by atoms with Crippen molar-refractivity contribution in [2.75, 3.05) is 13.1 Å². The molecule has 4 rings (SSSR count). The zero-order valence-electron chi connectivity index (χ0n) is 14.9. The van der Waals surface area contributed by atoms with Crippen LogP contribution in [0.3, 0.4) is 0 Å². The fourth-order valence-corrected chi connectivity index (χ4v) is 4.60. The zero-order valence-corrected chi connectivity index (χ0v) is 17.8. The zero-order chi connectivity index (χ0) is 19.2. The lowest BCUT2D eigenvalue weighted by molar-refractivity contribution is -0.00575. The number of Topliss-reactive ketones (excluding diaryl/α,β-unsaturated/α-hetero) is 1. The molecular formula is C21H19ClINO3. The molecule has 2 aliphatic heterocycles. The molecule has 1 spiro atoms. The third-order valence-electron chi connectivity index (χ3n) is 5.44. The Morgan fingerprint density at radius 1 is 1.22 bits per heavy atom. The molecule has 6 heteroatoms. The van der Waals surface area contributed by atoms with Crippen LogP contribution in [0.1, 0.15) is 45.5 Å². The van der Waals surface area contributed by atoms with Gasteiger partial charge in [0.05, 0.1) is 17.5 Å². The number of carbonyl (C=O) groups excluding carboxylic acids is 2. The largest absolute Gasteiger partial charge is 0.486 e. The van der Waals surface area contributed by atoms with Crippen LogP contribution in [0.4, 0.5) is 0 Å². The number of rotatable bonds is 1. The molecule has 2 aromatic rings. The summed E-state index contributed by atoms with van der Waals surface area (Å²) < 4.78 is 7.25. The van der Waals surface area contributed by atoms with Crippen LogP contribution in [0.5, 0.6) is 5.75 Å². The van der Waals surface area contributed by atoms with Crippen molar-refractivity contribution in [3.63, 3.8) is 0 Å². The summed E-state index contributed by atoms with van der Waals surface area (Å²) in [7, 11) is 0. The highest BCUT2D eigenvalue weighted by molar-refractivity contribution is 14.1. The average molecular weight is 496 g/mol. The number of likely N-dealkylation sites (tertiary alicyclic amines) is 1. The monoisotopic (exact) mass is 495 g/mol. The van der Waals surface area contributed by atoms with Crippen LogP contribution in [0.15, 0.2) is 36.4 Å². The van der Waals surface area contributed by atoms with Crippen molar-refractivity contribution in [3.8, 4) is 5.75 Å². The number of ether oxygens (including phenoxy) is 1. The smallest absolute Gasteiger partial charge is 0.254 e. The first-order chi connectivity index (χ1) is 12.9. The minimum Gasteiger partial charge on any atom is -0.486 e. The maximum atomic E-state index is 12.8. The van der Waals surface area contributed by atoms with E-state index in [1.807, 2.05) is 42.2 Å². The molecule has 0 saturated carbocycles. The van der Waals surface area contributed by atoms with Crippen LogP contribution >= 0.6 is 34.2 Å². The Morgan fingerprint density at radius 3 is 2.63 bits per heavy atom. The summed E-state index contributed by atoms with van der Waals surface area (Å²) in [6, 6.07) is 11.2. The van der Waals surface area contributed by atoms with E-state index >= 15 is 0 Å². The number of piperidine rings is 1. The Balaban J connectivity index is 1.52. The third-order valence-corrected chi connectivity index (χ3v) is 6.78. The fourth-order valence-electron chi connectivity index (χ4n) is 3.82. The third kappa shape index (κ3) is 3.47. The summed E-state index contributed by atoms with van der Waals surface area (Å²) in [5, 5.41) is 0.583. The van der Waals surface area contributed by atoms with Crippen LogP contribution in [0.2, 0.25) is 5.02 Å². The van der Waals surface area contributed by atoms with Crippen molar-refractivity contribution in [1.29, 1.82) is 0 Å². The van der Waals surface area contributed by atoms with E-state index in [-0.39, 0.29) is 11.7 Å². The van der Waals surface area contributed by atoms with Gasteiger partial charge >= 0.3 is 0 Å². The van der Waals surface area contributed by atoms with Gasteiger partial charge in [-0.25, -0.2) is 0 Å². The van der Waals surface area contributed by atoms with E-state index in [2.05, 4.69) is 22.6 Å². The van der Waals surface area contributed by atoms with Crippen molar-refractivity contribution >= 4 is 45.9 Å². The Kier molecular flexibility index (Phi) is 4.93. The minimum absolute atomic E-state index is 0.0417. The Morgan fingerprint density at radius 2 is 1.93 bits per heavy atom. The van der Waals surface area contributed by atoms with Gasteiger partial charge in [-0.1, -0.05) is 23.7 Å². The van der Waals surface area contributed by atoms with Crippen molar-refractivity contribution in [3.05, 3.63) is 61.7 Å². The molecule has 1 fully saturated rings. The highest BCUT2D eigenvalue weighted by Crippen LogP contribution is 2.41. The topological polar surface area (TPSA) is 46.6 Å². The molecule has 0 aromatic heterocycles. The van der Waals surface area contributed by atoms with E-state index in [1.54, 1.807) is 6.07 Å². The van der Waals surface area contributed by atoms with Crippen LogP contribution in [0.25, 0.3) is 0 Å². The lowest BCUT2D eigenvalue weighted by Crippen LogP contribution is -2.52. The standard InChI is InChI=1S/C21H19ClINO3/c1-13-10-19-15(11-16(13)22)18(25)12-21(27-19)6-8-24(9-7-21)20(26)14-4-2-3-5-17(14)23/h2-5,10-11H,6-9,12H2,1H3. The number of halogens is 2. The molecule has 140 valence electrons. The molecule has 4 nitrogen and oxygen atoms in total. The SMILES string of the molecule is Cc1cc2c(cc1Cl)C(=O)CC1(CCN(C(=O)c3ccccc3I)CC1)O2. The van der Waals surface area contributed by atoms with Crippen molar-refractivity contribution in [2.24, 2.45) is 0 Å². The summed E-state index contributed by atoms with van der Waals surface area (Å²) in [6.07, 6.45) is 1.63. The van der Waals surface area contributed by atoms with Gasteiger partial charge in [0.2, 0.25) is 0 Å². The van der Waals surface area contributed by atoms with Gasteiger partial charge in [0.25, 0.3) is 5.91 Å². The highest BCUT2D eigenvalue weighted by Gasteiger charge is 2.44. The summed E-state index contributed by atoms with van der Waals surface area (Å²) in [6.45, 7) is 3.07. The number of amides is 1. The number of hydrogen-bond donors (Lipinski definition) is 0. The summed E-state index contributed by atoms with van der Waals surface area (Å²) in [5.74, 6) is 0.723. The van der Waals surface area contributed by atoms with E-state index in [0.29, 0.717) is 48.7 Å².